The lowest BCUT2D eigenvalue weighted by molar-refractivity contribution is 0.0885. The van der Waals surface area contributed by atoms with Crippen LogP contribution < -0.4 is 10.1 Å². The van der Waals surface area contributed by atoms with E-state index in [0.717, 1.165) is 48.4 Å². The lowest BCUT2D eigenvalue weighted by Gasteiger charge is -2.28. The Morgan fingerprint density at radius 2 is 1.84 bits per heavy atom. The lowest BCUT2D eigenvalue weighted by Crippen LogP contribution is -2.39. The van der Waals surface area contributed by atoms with Crippen molar-refractivity contribution in [3.8, 4) is 6.01 Å². The van der Waals surface area contributed by atoms with Crippen LogP contribution in [0, 0.1) is 0 Å². The zero-order chi connectivity index (χ0) is 17.1. The highest BCUT2D eigenvalue weighted by molar-refractivity contribution is 7.00. The van der Waals surface area contributed by atoms with Gasteiger partial charge in [-0.05, 0) is 49.9 Å². The minimum atomic E-state index is -0.0642. The average molecular weight is 355 g/mol. The Morgan fingerprint density at radius 3 is 2.64 bits per heavy atom. The summed E-state index contributed by atoms with van der Waals surface area (Å²) in [6, 6.07) is 7.75. The Hall–Kier alpha value is -2.61. The van der Waals surface area contributed by atoms with Crippen molar-refractivity contribution in [1.82, 2.24) is 24.0 Å². The van der Waals surface area contributed by atoms with E-state index < -0.39 is 0 Å². The summed E-state index contributed by atoms with van der Waals surface area (Å²) in [5, 5.41) is 3.11. The average Bonchev–Trinajstić information content (AvgIpc) is 3.12. The van der Waals surface area contributed by atoms with Gasteiger partial charge in [0.25, 0.3) is 5.91 Å². The second kappa shape index (κ2) is 7.10. The molecule has 0 unspecified atom stereocenters. The summed E-state index contributed by atoms with van der Waals surface area (Å²) < 4.78 is 14.1. The fourth-order valence-corrected chi connectivity index (χ4v) is 3.53. The molecule has 7 nitrogen and oxygen atoms in total. The van der Waals surface area contributed by atoms with Crippen molar-refractivity contribution in [2.45, 2.75) is 37.8 Å². The summed E-state index contributed by atoms with van der Waals surface area (Å²) in [5.41, 5.74) is 2.20. The molecule has 3 aromatic rings. The Balaban J connectivity index is 1.31. The van der Waals surface area contributed by atoms with Crippen molar-refractivity contribution in [3.05, 3.63) is 42.2 Å². The largest absolute Gasteiger partial charge is 0.460 e. The van der Waals surface area contributed by atoms with Crippen molar-refractivity contribution in [2.24, 2.45) is 0 Å². The summed E-state index contributed by atoms with van der Waals surface area (Å²) >= 11 is 1.15. The second-order valence-electron chi connectivity index (χ2n) is 6.06. The number of amides is 1. The third-order valence-corrected chi connectivity index (χ3v) is 4.90. The number of benzene rings is 1. The van der Waals surface area contributed by atoms with Crippen LogP contribution >= 0.6 is 11.7 Å². The summed E-state index contributed by atoms with van der Waals surface area (Å²) in [7, 11) is 0. The van der Waals surface area contributed by atoms with Gasteiger partial charge in [0.1, 0.15) is 17.1 Å². The molecule has 1 amide bonds. The molecule has 25 heavy (non-hydrogen) atoms. The molecular formula is C17H17N5O2S. The maximum Gasteiger partial charge on any atom is 0.316 e. The molecule has 4 rings (SSSR count). The fraction of sp³-hybridized carbons (Fsp3) is 0.353. The fourth-order valence-electron chi connectivity index (χ4n) is 3.01. The molecule has 0 aliphatic heterocycles. The number of hydrogen-bond acceptors (Lipinski definition) is 7. The van der Waals surface area contributed by atoms with Gasteiger partial charge >= 0.3 is 6.01 Å². The molecule has 2 aromatic heterocycles. The first-order valence-corrected chi connectivity index (χ1v) is 8.98. The number of aromatic nitrogens is 4. The quantitative estimate of drug-likeness (QED) is 0.774. The van der Waals surface area contributed by atoms with Crippen molar-refractivity contribution in [1.29, 1.82) is 0 Å². The van der Waals surface area contributed by atoms with Gasteiger partial charge in [0.05, 0.1) is 11.7 Å². The molecule has 0 spiro atoms. The smallest absolute Gasteiger partial charge is 0.316 e. The SMILES string of the molecule is O=C(NC1CCC(Oc2ncccn2)CC1)c1ccc2nsnc2c1. The maximum atomic E-state index is 12.4. The highest BCUT2D eigenvalue weighted by Crippen LogP contribution is 2.22. The highest BCUT2D eigenvalue weighted by atomic mass is 32.1. The number of fused-ring (bicyclic) bond motifs is 1. The van der Waals surface area contributed by atoms with Gasteiger partial charge in [-0.3, -0.25) is 4.79 Å². The summed E-state index contributed by atoms with van der Waals surface area (Å²) in [6.07, 6.45) is 6.95. The minimum Gasteiger partial charge on any atom is -0.460 e. The molecule has 1 saturated carbocycles. The first-order chi connectivity index (χ1) is 12.3. The predicted octanol–water partition coefficient (Wildman–Crippen LogP) is 2.60. The normalized spacial score (nSPS) is 20.3. The first-order valence-electron chi connectivity index (χ1n) is 8.25. The Kier molecular flexibility index (Phi) is 4.51. The minimum absolute atomic E-state index is 0.0642. The summed E-state index contributed by atoms with van der Waals surface area (Å²) in [4.78, 5) is 20.6. The van der Waals surface area contributed by atoms with Gasteiger partial charge in [0, 0.05) is 24.0 Å². The molecule has 2 heterocycles. The van der Waals surface area contributed by atoms with Crippen LogP contribution in [0.2, 0.25) is 0 Å². The zero-order valence-electron chi connectivity index (χ0n) is 13.5. The number of rotatable bonds is 4. The second-order valence-corrected chi connectivity index (χ2v) is 6.59. The molecule has 8 heteroatoms. The summed E-state index contributed by atoms with van der Waals surface area (Å²) in [5.74, 6) is -0.0642. The van der Waals surface area contributed by atoms with Crippen LogP contribution in [0.4, 0.5) is 0 Å². The molecule has 1 N–H and O–H groups in total. The van der Waals surface area contributed by atoms with Crippen LogP contribution in [-0.4, -0.2) is 36.8 Å². The Morgan fingerprint density at radius 1 is 1.08 bits per heavy atom. The van der Waals surface area contributed by atoms with Gasteiger partial charge in [-0.2, -0.15) is 8.75 Å². The standard InChI is InChI=1S/C17H17N5O2S/c23-16(11-2-7-14-15(10-11)22-25-21-14)20-12-3-5-13(6-4-12)24-17-18-8-1-9-19-17/h1-2,7-10,12-13H,3-6H2,(H,20,23). The van der Waals surface area contributed by atoms with Crippen LogP contribution in [0.15, 0.2) is 36.7 Å². The molecule has 0 saturated heterocycles. The van der Waals surface area contributed by atoms with Gasteiger partial charge < -0.3 is 10.1 Å². The van der Waals surface area contributed by atoms with Gasteiger partial charge in [-0.1, -0.05) is 0 Å². The molecule has 1 aliphatic carbocycles. The summed E-state index contributed by atoms with van der Waals surface area (Å²) in [6.45, 7) is 0. The van der Waals surface area contributed by atoms with E-state index in [9.17, 15) is 4.79 Å². The molecule has 1 fully saturated rings. The van der Waals surface area contributed by atoms with Gasteiger partial charge in [-0.15, -0.1) is 0 Å². The van der Waals surface area contributed by atoms with E-state index in [4.69, 9.17) is 4.74 Å². The van der Waals surface area contributed by atoms with Gasteiger partial charge in [0.15, 0.2) is 0 Å². The van der Waals surface area contributed by atoms with E-state index in [0.29, 0.717) is 11.6 Å². The van der Waals surface area contributed by atoms with Gasteiger partial charge in [-0.25, -0.2) is 9.97 Å². The molecule has 1 aliphatic rings. The first kappa shape index (κ1) is 15.9. The number of ether oxygens (including phenoxy) is 1. The molecular weight excluding hydrogens is 338 g/mol. The topological polar surface area (TPSA) is 89.9 Å². The molecule has 1 aromatic carbocycles. The predicted molar refractivity (Wildman–Crippen MR) is 93.6 cm³/mol. The molecule has 0 bridgehead atoms. The van der Waals surface area contributed by atoms with Crippen LogP contribution in [0.25, 0.3) is 11.0 Å². The monoisotopic (exact) mass is 355 g/mol. The van der Waals surface area contributed by atoms with Crippen molar-refractivity contribution in [2.75, 3.05) is 0 Å². The molecule has 0 radical (unpaired) electrons. The Bertz CT molecular complexity index is 862. The zero-order valence-corrected chi connectivity index (χ0v) is 14.3. The van der Waals surface area contributed by atoms with Crippen LogP contribution in [0.5, 0.6) is 6.01 Å². The van der Waals surface area contributed by atoms with Crippen molar-refractivity contribution < 1.29 is 9.53 Å². The number of carbonyl (C=O) groups excluding carboxylic acids is 1. The van der Waals surface area contributed by atoms with E-state index in [1.54, 1.807) is 30.6 Å². The maximum absolute atomic E-state index is 12.4. The van der Waals surface area contributed by atoms with Crippen LogP contribution in [0.1, 0.15) is 36.0 Å². The number of nitrogens with one attached hydrogen (secondary N) is 1. The number of nitrogens with zero attached hydrogens (tertiary/aromatic N) is 4. The van der Waals surface area contributed by atoms with Crippen molar-refractivity contribution >= 4 is 28.7 Å². The van der Waals surface area contributed by atoms with E-state index in [1.165, 1.54) is 0 Å². The highest BCUT2D eigenvalue weighted by Gasteiger charge is 2.24. The number of hydrogen-bond donors (Lipinski definition) is 1. The van der Waals surface area contributed by atoms with Crippen LogP contribution in [-0.2, 0) is 0 Å². The Labute approximate surface area is 148 Å². The van der Waals surface area contributed by atoms with E-state index in [2.05, 4.69) is 24.0 Å². The lowest BCUT2D eigenvalue weighted by atomic mass is 9.92. The van der Waals surface area contributed by atoms with E-state index in [1.807, 2.05) is 6.07 Å². The third kappa shape index (κ3) is 3.74. The van der Waals surface area contributed by atoms with E-state index >= 15 is 0 Å². The molecule has 128 valence electrons. The number of carbonyl (C=O) groups is 1. The van der Waals surface area contributed by atoms with Crippen molar-refractivity contribution in [3.63, 3.8) is 0 Å². The third-order valence-electron chi connectivity index (χ3n) is 4.34. The van der Waals surface area contributed by atoms with Gasteiger partial charge in [0.2, 0.25) is 0 Å². The van der Waals surface area contributed by atoms with E-state index in [-0.39, 0.29) is 18.1 Å². The molecule has 0 atom stereocenters. The van der Waals surface area contributed by atoms with Crippen LogP contribution in [0.3, 0.4) is 0 Å².